The number of rotatable bonds is 7. The number of nitro groups is 1. The van der Waals surface area contributed by atoms with Crippen molar-refractivity contribution in [2.45, 2.75) is 19.9 Å². The molecule has 1 aromatic heterocycles. The average molecular weight is 510 g/mol. The van der Waals surface area contributed by atoms with E-state index < -0.39 is 16.9 Å². The van der Waals surface area contributed by atoms with Crippen LogP contribution >= 0.6 is 11.3 Å². The van der Waals surface area contributed by atoms with Gasteiger partial charge in [0.2, 0.25) is 0 Å². The van der Waals surface area contributed by atoms with Gasteiger partial charge in [0.1, 0.15) is 6.04 Å². The van der Waals surface area contributed by atoms with E-state index in [1.165, 1.54) is 30.9 Å². The first-order valence-electron chi connectivity index (χ1n) is 11.0. The molecule has 2 aromatic carbocycles. The van der Waals surface area contributed by atoms with Crippen LogP contribution in [0.25, 0.3) is 6.08 Å². The lowest BCUT2D eigenvalue weighted by atomic mass is 9.94. The van der Waals surface area contributed by atoms with E-state index in [0.29, 0.717) is 37.7 Å². The molecule has 10 nitrogen and oxygen atoms in total. The van der Waals surface area contributed by atoms with Crippen molar-refractivity contribution < 1.29 is 23.9 Å². The summed E-state index contributed by atoms with van der Waals surface area (Å²) in [6, 6.07) is 10.2. The molecule has 1 atom stereocenters. The number of esters is 1. The average Bonchev–Trinajstić information content (AvgIpc) is 3.17. The van der Waals surface area contributed by atoms with E-state index >= 15 is 0 Å². The van der Waals surface area contributed by atoms with Crippen LogP contribution in [-0.4, -0.2) is 36.3 Å². The van der Waals surface area contributed by atoms with E-state index in [-0.39, 0.29) is 23.4 Å². The van der Waals surface area contributed by atoms with Gasteiger partial charge in [-0.15, -0.1) is 0 Å². The van der Waals surface area contributed by atoms with Crippen LogP contribution in [0, 0.1) is 10.1 Å². The zero-order valence-electron chi connectivity index (χ0n) is 20.0. The van der Waals surface area contributed by atoms with Crippen LogP contribution in [0.1, 0.15) is 31.0 Å². The third-order valence-corrected chi connectivity index (χ3v) is 6.63. The molecule has 2 heterocycles. The fourth-order valence-electron chi connectivity index (χ4n) is 4.06. The van der Waals surface area contributed by atoms with E-state index in [9.17, 15) is 19.7 Å². The van der Waals surface area contributed by atoms with Crippen molar-refractivity contribution >= 4 is 29.1 Å². The Morgan fingerprint density at radius 1 is 1.19 bits per heavy atom. The van der Waals surface area contributed by atoms with Crippen molar-refractivity contribution in [3.8, 4) is 11.5 Å². The molecule has 36 heavy (non-hydrogen) atoms. The normalized spacial score (nSPS) is 15.2. The Morgan fingerprint density at radius 3 is 2.53 bits per heavy atom. The van der Waals surface area contributed by atoms with Crippen LogP contribution in [0.3, 0.4) is 0 Å². The fraction of sp³-hybridized carbons (Fsp3) is 0.240. The van der Waals surface area contributed by atoms with Gasteiger partial charge in [0.25, 0.3) is 11.2 Å². The van der Waals surface area contributed by atoms with Crippen molar-refractivity contribution in [2.75, 3.05) is 20.8 Å². The summed E-state index contributed by atoms with van der Waals surface area (Å²) in [5.74, 6) is 0.241. The van der Waals surface area contributed by atoms with Crippen molar-refractivity contribution in [3.05, 3.63) is 94.7 Å². The Morgan fingerprint density at radius 2 is 1.92 bits per heavy atom. The van der Waals surface area contributed by atoms with Crippen LogP contribution in [-0.2, 0) is 9.53 Å². The first-order valence-corrected chi connectivity index (χ1v) is 11.8. The van der Waals surface area contributed by atoms with Crippen LogP contribution in [0.5, 0.6) is 11.5 Å². The number of hydrogen-bond donors (Lipinski definition) is 0. The van der Waals surface area contributed by atoms with Gasteiger partial charge in [-0.2, -0.15) is 0 Å². The minimum Gasteiger partial charge on any atom is -0.493 e. The Kier molecular flexibility index (Phi) is 7.02. The highest BCUT2D eigenvalue weighted by atomic mass is 32.1. The third kappa shape index (κ3) is 4.40. The lowest BCUT2D eigenvalue weighted by Gasteiger charge is -2.26. The molecule has 0 radical (unpaired) electrons. The van der Waals surface area contributed by atoms with Gasteiger partial charge in [-0.1, -0.05) is 23.5 Å². The molecule has 1 aliphatic heterocycles. The van der Waals surface area contributed by atoms with Crippen molar-refractivity contribution in [1.29, 1.82) is 0 Å². The Bertz CT molecular complexity index is 1550. The second-order valence-corrected chi connectivity index (χ2v) is 8.74. The van der Waals surface area contributed by atoms with Crippen LogP contribution in [0.15, 0.2) is 63.5 Å². The summed E-state index contributed by atoms with van der Waals surface area (Å²) in [6.07, 6.45) is 1.64. The molecule has 0 amide bonds. The van der Waals surface area contributed by atoms with E-state index in [0.717, 1.165) is 11.3 Å². The lowest BCUT2D eigenvalue weighted by molar-refractivity contribution is -0.384. The van der Waals surface area contributed by atoms with E-state index in [1.54, 1.807) is 50.3 Å². The topological polar surface area (TPSA) is 122 Å². The maximum Gasteiger partial charge on any atom is 0.338 e. The number of carbonyl (C=O) groups excluding carboxylic acids is 1. The molecule has 11 heteroatoms. The van der Waals surface area contributed by atoms with Gasteiger partial charge in [0, 0.05) is 17.7 Å². The fourth-order valence-corrected chi connectivity index (χ4v) is 5.10. The zero-order chi connectivity index (χ0) is 26.0. The van der Waals surface area contributed by atoms with E-state index in [1.807, 2.05) is 0 Å². The van der Waals surface area contributed by atoms with Gasteiger partial charge >= 0.3 is 5.97 Å². The summed E-state index contributed by atoms with van der Waals surface area (Å²) >= 11 is 1.16. The number of ether oxygens (including phenoxy) is 3. The molecule has 0 N–H and O–H groups in total. The van der Waals surface area contributed by atoms with E-state index in [4.69, 9.17) is 14.2 Å². The SMILES string of the molecule is CCOC(=O)C1=C(C)N=c2s/c(=C\c3ccc([N+](=O)[O-])cc3)c(=O)n2[C@H]1c1cccc(OC)c1OC. The minimum absolute atomic E-state index is 0.0477. The van der Waals surface area contributed by atoms with Gasteiger partial charge in [0.05, 0.1) is 41.6 Å². The van der Waals surface area contributed by atoms with Crippen molar-refractivity contribution in [1.82, 2.24) is 4.57 Å². The smallest absolute Gasteiger partial charge is 0.338 e. The van der Waals surface area contributed by atoms with Crippen molar-refractivity contribution in [3.63, 3.8) is 0 Å². The summed E-state index contributed by atoms with van der Waals surface area (Å²) in [5.41, 5.74) is 1.37. The Balaban J connectivity index is 1.97. The molecule has 0 bridgehead atoms. The Labute approximate surface area is 209 Å². The number of benzene rings is 2. The predicted octanol–water partition coefficient (Wildman–Crippen LogP) is 2.72. The molecule has 0 unspecified atom stereocenters. The van der Waals surface area contributed by atoms with Crippen LogP contribution in [0.4, 0.5) is 5.69 Å². The number of hydrogen-bond acceptors (Lipinski definition) is 9. The standard InChI is InChI=1S/C25H23N3O7S/c1-5-35-24(30)20-14(2)26-25-27(21(20)17-7-6-8-18(33-3)22(17)34-4)23(29)19(36-25)13-15-9-11-16(12-10-15)28(31)32/h6-13,21H,5H2,1-4H3/b19-13-/t21-/m0/s1. The molecule has 4 rings (SSSR count). The molecule has 0 saturated carbocycles. The van der Waals surface area contributed by atoms with Gasteiger partial charge in [-0.05, 0) is 43.7 Å². The van der Waals surface area contributed by atoms with Gasteiger partial charge in [-0.25, -0.2) is 9.79 Å². The molecule has 0 saturated heterocycles. The molecule has 3 aromatic rings. The number of para-hydroxylation sites is 1. The summed E-state index contributed by atoms with van der Waals surface area (Å²) in [7, 11) is 2.99. The molecular formula is C25H23N3O7S. The predicted molar refractivity (Wildman–Crippen MR) is 133 cm³/mol. The Hall–Kier alpha value is -4.25. The number of nitro benzene ring substituents is 1. The molecule has 1 aliphatic rings. The number of carbonyl (C=O) groups is 1. The van der Waals surface area contributed by atoms with Crippen LogP contribution in [0.2, 0.25) is 0 Å². The van der Waals surface area contributed by atoms with E-state index in [2.05, 4.69) is 4.99 Å². The number of allylic oxidation sites excluding steroid dienone is 1. The number of aromatic nitrogens is 1. The number of methoxy groups -OCH3 is 2. The molecular weight excluding hydrogens is 486 g/mol. The second-order valence-electron chi connectivity index (χ2n) is 7.73. The quantitative estimate of drug-likeness (QED) is 0.273. The second kappa shape index (κ2) is 10.2. The first kappa shape index (κ1) is 24.9. The molecule has 0 aliphatic carbocycles. The van der Waals surface area contributed by atoms with Gasteiger partial charge in [0.15, 0.2) is 16.3 Å². The highest BCUT2D eigenvalue weighted by Crippen LogP contribution is 2.40. The first-order chi connectivity index (χ1) is 17.3. The monoisotopic (exact) mass is 509 g/mol. The van der Waals surface area contributed by atoms with Gasteiger partial charge < -0.3 is 14.2 Å². The molecule has 186 valence electrons. The summed E-state index contributed by atoms with van der Waals surface area (Å²) in [5, 5.41) is 11.0. The largest absolute Gasteiger partial charge is 0.493 e. The van der Waals surface area contributed by atoms with Crippen molar-refractivity contribution in [2.24, 2.45) is 4.99 Å². The summed E-state index contributed by atoms with van der Waals surface area (Å²) in [6.45, 7) is 3.55. The number of nitrogens with zero attached hydrogens (tertiary/aromatic N) is 3. The minimum atomic E-state index is -0.871. The highest BCUT2D eigenvalue weighted by molar-refractivity contribution is 7.07. The third-order valence-electron chi connectivity index (χ3n) is 5.65. The summed E-state index contributed by atoms with van der Waals surface area (Å²) in [4.78, 5) is 42.2. The zero-order valence-corrected chi connectivity index (χ0v) is 20.8. The van der Waals surface area contributed by atoms with Gasteiger partial charge in [-0.3, -0.25) is 19.5 Å². The maximum atomic E-state index is 13.7. The number of thiazole rings is 1. The molecule has 0 spiro atoms. The number of fused-ring (bicyclic) bond motifs is 1. The lowest BCUT2D eigenvalue weighted by Crippen LogP contribution is -2.40. The molecule has 0 fully saturated rings. The maximum absolute atomic E-state index is 13.7. The summed E-state index contributed by atoms with van der Waals surface area (Å²) < 4.78 is 18.2. The highest BCUT2D eigenvalue weighted by Gasteiger charge is 2.35. The van der Waals surface area contributed by atoms with Crippen LogP contribution < -0.4 is 24.4 Å². The number of non-ortho nitro benzene ring substituents is 1.